The molecule has 0 atom stereocenters. The molecule has 16 heavy (non-hydrogen) atoms. The molecular formula is C14H19NO. The van der Waals surface area contributed by atoms with Gasteiger partial charge in [-0.2, -0.15) is 0 Å². The van der Waals surface area contributed by atoms with E-state index in [1.54, 1.807) is 0 Å². The van der Waals surface area contributed by atoms with Crippen molar-refractivity contribution in [1.29, 1.82) is 0 Å². The van der Waals surface area contributed by atoms with E-state index in [0.29, 0.717) is 0 Å². The van der Waals surface area contributed by atoms with Crippen molar-refractivity contribution in [1.82, 2.24) is 0 Å². The van der Waals surface area contributed by atoms with Gasteiger partial charge in [0.25, 0.3) is 0 Å². The topological polar surface area (TPSA) is 29.1 Å². The molecule has 1 fully saturated rings. The van der Waals surface area contributed by atoms with E-state index in [4.69, 9.17) is 0 Å². The van der Waals surface area contributed by atoms with Crippen LogP contribution in [0.5, 0.6) is 0 Å². The average molecular weight is 217 g/mol. The van der Waals surface area contributed by atoms with E-state index in [2.05, 4.69) is 18.3 Å². The number of benzene rings is 1. The van der Waals surface area contributed by atoms with Crippen LogP contribution in [0.2, 0.25) is 0 Å². The Morgan fingerprint density at radius 1 is 1.25 bits per heavy atom. The van der Waals surface area contributed by atoms with Gasteiger partial charge in [-0.15, -0.1) is 0 Å². The number of carbonyl (C=O) groups is 1. The third-order valence-corrected chi connectivity index (χ3v) is 3.37. The summed E-state index contributed by atoms with van der Waals surface area (Å²) in [6.07, 6.45) is 4.50. The first kappa shape index (κ1) is 11.2. The summed E-state index contributed by atoms with van der Waals surface area (Å²) in [5.41, 5.74) is 3.34. The van der Waals surface area contributed by atoms with Gasteiger partial charge in [0.15, 0.2) is 0 Å². The molecule has 1 amide bonds. The monoisotopic (exact) mass is 217 g/mol. The van der Waals surface area contributed by atoms with Gasteiger partial charge in [0.1, 0.15) is 0 Å². The minimum Gasteiger partial charge on any atom is -0.326 e. The Labute approximate surface area is 97.1 Å². The normalized spacial score (nSPS) is 16.4. The highest BCUT2D eigenvalue weighted by Crippen LogP contribution is 2.26. The summed E-state index contributed by atoms with van der Waals surface area (Å²) in [6.45, 7) is 4.10. The summed E-state index contributed by atoms with van der Waals surface area (Å²) >= 11 is 0. The predicted molar refractivity (Wildman–Crippen MR) is 66.5 cm³/mol. The zero-order valence-corrected chi connectivity index (χ0v) is 10.0. The second-order valence-corrected chi connectivity index (χ2v) is 4.79. The molecule has 0 radical (unpaired) electrons. The van der Waals surface area contributed by atoms with Gasteiger partial charge in [0, 0.05) is 11.6 Å². The van der Waals surface area contributed by atoms with Gasteiger partial charge in [-0.25, -0.2) is 0 Å². The first-order valence-corrected chi connectivity index (χ1v) is 6.05. The van der Waals surface area contributed by atoms with Gasteiger partial charge in [-0.05, 0) is 38.3 Å². The molecule has 1 N–H and O–H groups in total. The van der Waals surface area contributed by atoms with Gasteiger partial charge in [0.2, 0.25) is 5.91 Å². The first-order chi connectivity index (χ1) is 7.66. The third kappa shape index (κ3) is 2.43. The molecule has 1 aromatic rings. The Balaban J connectivity index is 2.05. The SMILES string of the molecule is Cc1ccc(NC(=O)C2CCCC2)c(C)c1. The molecule has 2 rings (SSSR count). The molecule has 1 aromatic carbocycles. The van der Waals surface area contributed by atoms with E-state index in [9.17, 15) is 4.79 Å². The lowest BCUT2D eigenvalue weighted by Gasteiger charge is -2.12. The summed E-state index contributed by atoms with van der Waals surface area (Å²) in [4.78, 5) is 11.9. The standard InChI is InChI=1S/C14H19NO/c1-10-7-8-13(11(2)9-10)15-14(16)12-5-3-4-6-12/h7-9,12H,3-6H2,1-2H3,(H,15,16). The minimum atomic E-state index is 0.199. The molecule has 86 valence electrons. The summed E-state index contributed by atoms with van der Waals surface area (Å²) in [6, 6.07) is 6.14. The fraction of sp³-hybridized carbons (Fsp3) is 0.500. The van der Waals surface area contributed by atoms with Gasteiger partial charge in [0.05, 0.1) is 0 Å². The quantitative estimate of drug-likeness (QED) is 0.808. The van der Waals surface area contributed by atoms with Crippen molar-refractivity contribution in [3.8, 4) is 0 Å². The molecule has 0 spiro atoms. The molecule has 0 aliphatic heterocycles. The molecule has 0 heterocycles. The minimum absolute atomic E-state index is 0.199. The highest BCUT2D eigenvalue weighted by Gasteiger charge is 2.22. The maximum Gasteiger partial charge on any atom is 0.227 e. The van der Waals surface area contributed by atoms with Crippen LogP contribution < -0.4 is 5.32 Å². The van der Waals surface area contributed by atoms with Crippen LogP contribution in [0, 0.1) is 19.8 Å². The van der Waals surface area contributed by atoms with Crippen molar-refractivity contribution in [3.05, 3.63) is 29.3 Å². The van der Waals surface area contributed by atoms with Gasteiger partial charge >= 0.3 is 0 Å². The average Bonchev–Trinajstić information content (AvgIpc) is 2.75. The Morgan fingerprint density at radius 2 is 1.94 bits per heavy atom. The van der Waals surface area contributed by atoms with Crippen LogP contribution in [0.4, 0.5) is 5.69 Å². The first-order valence-electron chi connectivity index (χ1n) is 6.05. The third-order valence-electron chi connectivity index (χ3n) is 3.37. The Hall–Kier alpha value is -1.31. The highest BCUT2D eigenvalue weighted by atomic mass is 16.1. The van der Waals surface area contributed by atoms with E-state index in [-0.39, 0.29) is 11.8 Å². The van der Waals surface area contributed by atoms with E-state index in [1.165, 1.54) is 18.4 Å². The molecular weight excluding hydrogens is 198 g/mol. The van der Waals surface area contributed by atoms with Crippen molar-refractivity contribution in [2.75, 3.05) is 5.32 Å². The smallest absolute Gasteiger partial charge is 0.227 e. The van der Waals surface area contributed by atoms with Gasteiger partial charge in [-0.3, -0.25) is 4.79 Å². The molecule has 1 aliphatic rings. The lowest BCUT2D eigenvalue weighted by Crippen LogP contribution is -2.20. The van der Waals surface area contributed by atoms with Crippen LogP contribution in [0.3, 0.4) is 0 Å². The van der Waals surface area contributed by atoms with Gasteiger partial charge in [-0.1, -0.05) is 30.5 Å². The van der Waals surface area contributed by atoms with Crippen molar-refractivity contribution >= 4 is 11.6 Å². The van der Waals surface area contributed by atoms with Crippen LogP contribution in [-0.4, -0.2) is 5.91 Å². The van der Waals surface area contributed by atoms with Crippen molar-refractivity contribution in [2.45, 2.75) is 39.5 Å². The molecule has 0 unspecified atom stereocenters. The number of rotatable bonds is 2. The van der Waals surface area contributed by atoms with Gasteiger partial charge < -0.3 is 5.32 Å². The van der Waals surface area contributed by atoms with E-state index < -0.39 is 0 Å². The predicted octanol–water partition coefficient (Wildman–Crippen LogP) is 3.43. The lowest BCUT2D eigenvalue weighted by atomic mass is 10.1. The lowest BCUT2D eigenvalue weighted by molar-refractivity contribution is -0.119. The van der Waals surface area contributed by atoms with Crippen molar-refractivity contribution in [3.63, 3.8) is 0 Å². The number of hydrogen-bond donors (Lipinski definition) is 1. The van der Waals surface area contributed by atoms with Crippen LogP contribution in [-0.2, 0) is 4.79 Å². The van der Waals surface area contributed by atoms with Crippen LogP contribution in [0.15, 0.2) is 18.2 Å². The Morgan fingerprint density at radius 3 is 2.56 bits per heavy atom. The number of hydrogen-bond acceptors (Lipinski definition) is 1. The fourth-order valence-corrected chi connectivity index (χ4v) is 2.38. The molecule has 2 heteroatoms. The summed E-state index contributed by atoms with van der Waals surface area (Å²) in [5, 5.41) is 3.04. The van der Waals surface area contributed by atoms with Crippen LogP contribution >= 0.6 is 0 Å². The van der Waals surface area contributed by atoms with E-state index in [0.717, 1.165) is 24.1 Å². The molecule has 0 saturated heterocycles. The second kappa shape index (κ2) is 4.69. The molecule has 2 nitrogen and oxygen atoms in total. The van der Waals surface area contributed by atoms with Crippen molar-refractivity contribution in [2.24, 2.45) is 5.92 Å². The fourth-order valence-electron chi connectivity index (χ4n) is 2.38. The summed E-state index contributed by atoms with van der Waals surface area (Å²) in [7, 11) is 0. The summed E-state index contributed by atoms with van der Waals surface area (Å²) in [5.74, 6) is 0.435. The number of nitrogens with one attached hydrogen (secondary N) is 1. The van der Waals surface area contributed by atoms with Crippen LogP contribution in [0.1, 0.15) is 36.8 Å². The molecule has 1 aliphatic carbocycles. The molecule has 0 aromatic heterocycles. The zero-order valence-electron chi connectivity index (χ0n) is 10.0. The zero-order chi connectivity index (χ0) is 11.5. The highest BCUT2D eigenvalue weighted by molar-refractivity contribution is 5.93. The number of amides is 1. The van der Waals surface area contributed by atoms with E-state index in [1.807, 2.05) is 19.1 Å². The molecule has 0 bridgehead atoms. The number of anilines is 1. The van der Waals surface area contributed by atoms with Crippen molar-refractivity contribution < 1.29 is 4.79 Å². The number of carbonyl (C=O) groups excluding carboxylic acids is 1. The Kier molecular flexibility index (Phi) is 3.28. The van der Waals surface area contributed by atoms with Crippen LogP contribution in [0.25, 0.3) is 0 Å². The Bertz CT molecular complexity index is 392. The number of aryl methyl sites for hydroxylation is 2. The maximum absolute atomic E-state index is 11.9. The maximum atomic E-state index is 11.9. The second-order valence-electron chi connectivity index (χ2n) is 4.79. The molecule has 1 saturated carbocycles. The summed E-state index contributed by atoms with van der Waals surface area (Å²) < 4.78 is 0. The largest absolute Gasteiger partial charge is 0.326 e. The van der Waals surface area contributed by atoms with E-state index >= 15 is 0 Å².